The van der Waals surface area contributed by atoms with E-state index >= 15 is 0 Å². The Labute approximate surface area is 116 Å². The van der Waals surface area contributed by atoms with Crippen molar-refractivity contribution in [2.75, 3.05) is 13.7 Å². The highest BCUT2D eigenvalue weighted by Gasteiger charge is 2.57. The summed E-state index contributed by atoms with van der Waals surface area (Å²) in [6.07, 6.45) is 0.461. The van der Waals surface area contributed by atoms with Gasteiger partial charge in [-0.1, -0.05) is 0 Å². The second-order valence-electron chi connectivity index (χ2n) is 5.76. The van der Waals surface area contributed by atoms with Gasteiger partial charge >= 0.3 is 5.97 Å². The number of ketones is 1. The minimum absolute atomic E-state index is 0.0315. The van der Waals surface area contributed by atoms with Crippen molar-refractivity contribution in [1.29, 1.82) is 0 Å². The largest absolute Gasteiger partial charge is 0.465 e. The van der Waals surface area contributed by atoms with Crippen LogP contribution in [-0.2, 0) is 19.1 Å². The van der Waals surface area contributed by atoms with Crippen LogP contribution in [0.15, 0.2) is 0 Å². The fraction of sp³-hybridized carbons (Fsp3) is 0.846. The van der Waals surface area contributed by atoms with Gasteiger partial charge in [0.15, 0.2) is 0 Å². The molecule has 1 aliphatic heterocycles. The molecule has 2 aliphatic rings. The van der Waals surface area contributed by atoms with Crippen LogP contribution >= 0.6 is 0 Å². The number of cyclic esters (lactones) is 1. The lowest BCUT2D eigenvalue weighted by molar-refractivity contribution is -0.549. The van der Waals surface area contributed by atoms with Gasteiger partial charge in [-0.3, -0.25) is 19.7 Å². The van der Waals surface area contributed by atoms with Gasteiger partial charge in [0.2, 0.25) is 6.04 Å². The first-order valence-electron chi connectivity index (χ1n) is 6.75. The van der Waals surface area contributed by atoms with Crippen LogP contribution < -0.4 is 0 Å². The van der Waals surface area contributed by atoms with E-state index in [4.69, 9.17) is 9.47 Å². The van der Waals surface area contributed by atoms with Crippen molar-refractivity contribution >= 4 is 11.8 Å². The molecule has 20 heavy (non-hydrogen) atoms. The van der Waals surface area contributed by atoms with E-state index in [0.29, 0.717) is 19.4 Å². The lowest BCUT2D eigenvalue weighted by Gasteiger charge is -2.42. The van der Waals surface area contributed by atoms with E-state index in [1.54, 1.807) is 6.92 Å². The van der Waals surface area contributed by atoms with E-state index in [-0.39, 0.29) is 18.6 Å². The van der Waals surface area contributed by atoms with Gasteiger partial charge in [0, 0.05) is 24.9 Å². The zero-order valence-corrected chi connectivity index (χ0v) is 11.7. The van der Waals surface area contributed by atoms with Crippen LogP contribution in [0.1, 0.15) is 32.6 Å². The lowest BCUT2D eigenvalue weighted by atomic mass is 9.64. The van der Waals surface area contributed by atoms with E-state index in [1.165, 1.54) is 7.11 Å². The first-order chi connectivity index (χ1) is 9.40. The highest BCUT2D eigenvalue weighted by molar-refractivity contribution is 5.83. The predicted molar refractivity (Wildman–Crippen MR) is 67.6 cm³/mol. The summed E-state index contributed by atoms with van der Waals surface area (Å²) in [6.45, 7) is 2.01. The maximum atomic E-state index is 12.1. The third kappa shape index (κ3) is 2.42. The van der Waals surface area contributed by atoms with Crippen molar-refractivity contribution in [2.45, 2.75) is 44.8 Å². The SMILES string of the molecule is CO[C@H]1CC(=O)C[C@@H]([C@]2(C)CCCOC2=O)[C@@H]1[N+](=O)[O-]. The molecular weight excluding hydrogens is 266 g/mol. The minimum atomic E-state index is -1.05. The van der Waals surface area contributed by atoms with E-state index in [0.717, 1.165) is 0 Å². The topological polar surface area (TPSA) is 95.7 Å². The molecule has 1 saturated heterocycles. The van der Waals surface area contributed by atoms with Crippen LogP contribution in [0.4, 0.5) is 0 Å². The average Bonchev–Trinajstić information content (AvgIpc) is 2.40. The first kappa shape index (κ1) is 14.9. The number of nitro groups is 1. The van der Waals surface area contributed by atoms with Gasteiger partial charge in [0.25, 0.3) is 0 Å². The fourth-order valence-corrected chi connectivity index (χ4v) is 3.37. The van der Waals surface area contributed by atoms with Gasteiger partial charge in [0.05, 0.1) is 17.9 Å². The van der Waals surface area contributed by atoms with E-state index < -0.39 is 34.4 Å². The van der Waals surface area contributed by atoms with Crippen LogP contribution in [0, 0.1) is 21.4 Å². The van der Waals surface area contributed by atoms with Gasteiger partial charge in [-0.05, 0) is 19.8 Å². The van der Waals surface area contributed by atoms with Crippen LogP contribution in [0.25, 0.3) is 0 Å². The Morgan fingerprint density at radius 3 is 2.65 bits per heavy atom. The standard InChI is InChI=1S/C13H19NO6/c1-13(4-3-5-20-12(13)16)9-6-8(15)7-10(19-2)11(9)14(17)18/h9-11H,3-7H2,1-2H3/t9-,10+,11+,13+/m1/s1. The first-order valence-corrected chi connectivity index (χ1v) is 6.75. The zero-order chi connectivity index (χ0) is 14.9. The molecule has 0 radical (unpaired) electrons. The molecule has 1 saturated carbocycles. The van der Waals surface area contributed by atoms with E-state index in [2.05, 4.69) is 0 Å². The molecule has 1 aliphatic carbocycles. The zero-order valence-electron chi connectivity index (χ0n) is 11.7. The third-order valence-electron chi connectivity index (χ3n) is 4.57. The van der Waals surface area contributed by atoms with Crippen molar-refractivity contribution in [2.24, 2.45) is 11.3 Å². The number of hydrogen-bond donors (Lipinski definition) is 0. The molecule has 0 N–H and O–H groups in total. The van der Waals surface area contributed by atoms with Gasteiger partial charge in [-0.15, -0.1) is 0 Å². The normalized spacial score (nSPS) is 38.4. The molecule has 2 fully saturated rings. The smallest absolute Gasteiger partial charge is 0.312 e. The summed E-state index contributed by atoms with van der Waals surface area (Å²) in [4.78, 5) is 34.9. The Bertz CT molecular complexity index is 437. The molecule has 0 amide bonds. The molecule has 0 aromatic heterocycles. The molecule has 0 bridgehead atoms. The second kappa shape index (κ2) is 5.47. The predicted octanol–water partition coefficient (Wildman–Crippen LogP) is 0.969. The Hall–Kier alpha value is -1.50. The number of carbonyl (C=O) groups is 2. The molecule has 112 valence electrons. The summed E-state index contributed by atoms with van der Waals surface area (Å²) < 4.78 is 10.2. The number of ether oxygens (including phenoxy) is 2. The summed E-state index contributed by atoms with van der Waals surface area (Å²) in [7, 11) is 1.36. The summed E-state index contributed by atoms with van der Waals surface area (Å²) in [5.41, 5.74) is -0.983. The molecule has 0 aromatic rings. The van der Waals surface area contributed by atoms with Crippen molar-refractivity contribution < 1.29 is 24.0 Å². The minimum Gasteiger partial charge on any atom is -0.465 e. The Balaban J connectivity index is 2.36. The maximum absolute atomic E-state index is 12.1. The van der Waals surface area contributed by atoms with Crippen LogP contribution in [0.5, 0.6) is 0 Å². The number of methoxy groups -OCH3 is 1. The van der Waals surface area contributed by atoms with Crippen LogP contribution in [0.2, 0.25) is 0 Å². The second-order valence-corrected chi connectivity index (χ2v) is 5.76. The molecule has 0 aromatic carbocycles. The molecule has 2 rings (SSSR count). The quantitative estimate of drug-likeness (QED) is 0.435. The van der Waals surface area contributed by atoms with Crippen molar-refractivity contribution in [1.82, 2.24) is 0 Å². The fourth-order valence-electron chi connectivity index (χ4n) is 3.37. The molecular formula is C13H19NO6. The lowest BCUT2D eigenvalue weighted by Crippen LogP contribution is -2.56. The highest BCUT2D eigenvalue weighted by atomic mass is 16.6. The monoisotopic (exact) mass is 285 g/mol. The molecule has 0 unspecified atom stereocenters. The molecule has 7 nitrogen and oxygen atoms in total. The summed E-state index contributed by atoms with van der Waals surface area (Å²) in [5.74, 6) is -1.21. The Kier molecular flexibility index (Phi) is 4.08. The van der Waals surface area contributed by atoms with Gasteiger partial charge in [0.1, 0.15) is 11.9 Å². The van der Waals surface area contributed by atoms with E-state index in [9.17, 15) is 19.7 Å². The molecule has 1 heterocycles. The summed E-state index contributed by atoms with van der Waals surface area (Å²) in [6, 6.07) is -1.05. The van der Waals surface area contributed by atoms with Crippen molar-refractivity contribution in [3.63, 3.8) is 0 Å². The maximum Gasteiger partial charge on any atom is 0.312 e. The van der Waals surface area contributed by atoms with Crippen LogP contribution in [0.3, 0.4) is 0 Å². The Morgan fingerprint density at radius 2 is 2.10 bits per heavy atom. The summed E-state index contributed by atoms with van der Waals surface area (Å²) in [5, 5.41) is 11.4. The molecule has 0 spiro atoms. The van der Waals surface area contributed by atoms with Crippen molar-refractivity contribution in [3.8, 4) is 0 Å². The molecule has 4 atom stereocenters. The number of rotatable bonds is 3. The Morgan fingerprint density at radius 1 is 1.40 bits per heavy atom. The van der Waals surface area contributed by atoms with E-state index in [1.807, 2.05) is 0 Å². The number of esters is 1. The number of nitrogens with zero attached hydrogens (tertiary/aromatic N) is 1. The number of Topliss-reactive ketones (excluding diaryl/α,β-unsaturated/α-hetero) is 1. The number of hydrogen-bond acceptors (Lipinski definition) is 6. The average molecular weight is 285 g/mol. The highest BCUT2D eigenvalue weighted by Crippen LogP contribution is 2.45. The van der Waals surface area contributed by atoms with Crippen molar-refractivity contribution in [3.05, 3.63) is 10.1 Å². The van der Waals surface area contributed by atoms with Gasteiger partial charge < -0.3 is 9.47 Å². The van der Waals surface area contributed by atoms with Gasteiger partial charge in [-0.25, -0.2) is 0 Å². The van der Waals surface area contributed by atoms with Crippen LogP contribution in [-0.4, -0.2) is 42.5 Å². The summed E-state index contributed by atoms with van der Waals surface area (Å²) >= 11 is 0. The number of carbonyl (C=O) groups excluding carboxylic acids is 2. The molecule has 7 heteroatoms. The third-order valence-corrected chi connectivity index (χ3v) is 4.57. The van der Waals surface area contributed by atoms with Gasteiger partial charge in [-0.2, -0.15) is 0 Å².